The topological polar surface area (TPSA) is 28.7 Å². The minimum absolute atomic E-state index is 1.05. The third-order valence-corrected chi connectivity index (χ3v) is 2.90. The molecule has 0 saturated heterocycles. The molecule has 0 atom stereocenters. The van der Waals surface area contributed by atoms with Gasteiger partial charge in [-0.2, -0.15) is 11.8 Å². The van der Waals surface area contributed by atoms with Crippen LogP contribution in [0.3, 0.4) is 0 Å². The molecule has 2 aromatic rings. The lowest BCUT2D eigenvalue weighted by Crippen LogP contribution is -1.89. The lowest BCUT2D eigenvalue weighted by atomic mass is 10.3. The number of para-hydroxylation sites is 2. The monoisotopic (exact) mass is 206 g/mol. The van der Waals surface area contributed by atoms with Crippen LogP contribution in [0, 0.1) is 0 Å². The van der Waals surface area contributed by atoms with Gasteiger partial charge in [-0.1, -0.05) is 12.1 Å². The molecule has 1 N–H and O–H groups in total. The molecule has 0 aliphatic heterocycles. The number of aromatic amines is 1. The van der Waals surface area contributed by atoms with E-state index in [-0.39, 0.29) is 0 Å². The first kappa shape index (κ1) is 9.59. The molecule has 14 heavy (non-hydrogen) atoms. The number of nitrogens with zero attached hydrogens (tertiary/aromatic N) is 1. The Hall–Kier alpha value is -0.960. The van der Waals surface area contributed by atoms with Crippen molar-refractivity contribution >= 4 is 22.8 Å². The molecule has 1 aromatic carbocycles. The molecule has 3 heteroatoms. The minimum Gasteiger partial charge on any atom is -0.342 e. The smallest absolute Gasteiger partial charge is 0.107 e. The summed E-state index contributed by atoms with van der Waals surface area (Å²) in [7, 11) is 0. The van der Waals surface area contributed by atoms with E-state index in [9.17, 15) is 0 Å². The second kappa shape index (κ2) is 4.51. The maximum Gasteiger partial charge on any atom is 0.107 e. The van der Waals surface area contributed by atoms with Crippen molar-refractivity contribution < 1.29 is 0 Å². The molecule has 0 spiro atoms. The molecule has 2 rings (SSSR count). The van der Waals surface area contributed by atoms with E-state index in [1.807, 2.05) is 30.0 Å². The predicted octanol–water partition coefficient (Wildman–Crippen LogP) is 2.86. The summed E-state index contributed by atoms with van der Waals surface area (Å²) in [4.78, 5) is 7.85. The second-order valence-corrected chi connectivity index (χ2v) is 4.28. The summed E-state index contributed by atoms with van der Waals surface area (Å²) in [5.74, 6) is 2.32. The normalized spacial score (nSPS) is 10.9. The van der Waals surface area contributed by atoms with E-state index in [1.54, 1.807) is 0 Å². The summed E-state index contributed by atoms with van der Waals surface area (Å²) in [6.07, 6.45) is 4.38. The van der Waals surface area contributed by atoms with Crippen LogP contribution in [0.25, 0.3) is 11.0 Å². The number of aromatic nitrogens is 2. The molecular weight excluding hydrogens is 192 g/mol. The Bertz CT molecular complexity index is 375. The van der Waals surface area contributed by atoms with E-state index in [1.165, 1.54) is 12.2 Å². The van der Waals surface area contributed by atoms with Gasteiger partial charge in [0.1, 0.15) is 5.82 Å². The summed E-state index contributed by atoms with van der Waals surface area (Å²) < 4.78 is 0. The Morgan fingerprint density at radius 3 is 3.00 bits per heavy atom. The number of hydrogen-bond donors (Lipinski definition) is 1. The molecule has 1 aromatic heterocycles. The van der Waals surface area contributed by atoms with Crippen molar-refractivity contribution in [1.29, 1.82) is 0 Å². The van der Waals surface area contributed by atoms with Crippen molar-refractivity contribution in [3.63, 3.8) is 0 Å². The van der Waals surface area contributed by atoms with Crippen LogP contribution in [0.1, 0.15) is 12.2 Å². The summed E-state index contributed by atoms with van der Waals surface area (Å²) in [6.45, 7) is 0. The average Bonchev–Trinajstić information content (AvgIpc) is 2.60. The number of thioether (sulfide) groups is 1. The first-order valence-corrected chi connectivity index (χ1v) is 6.22. The van der Waals surface area contributed by atoms with Gasteiger partial charge in [-0.3, -0.25) is 0 Å². The van der Waals surface area contributed by atoms with Gasteiger partial charge in [-0.15, -0.1) is 0 Å². The van der Waals surface area contributed by atoms with E-state index >= 15 is 0 Å². The van der Waals surface area contributed by atoms with Crippen molar-refractivity contribution in [2.45, 2.75) is 12.8 Å². The van der Waals surface area contributed by atoms with Crippen molar-refractivity contribution in [3.05, 3.63) is 30.1 Å². The molecule has 0 bridgehead atoms. The lowest BCUT2D eigenvalue weighted by Gasteiger charge is -1.93. The van der Waals surface area contributed by atoms with Gasteiger partial charge in [-0.25, -0.2) is 4.98 Å². The van der Waals surface area contributed by atoms with Crippen molar-refractivity contribution in [3.8, 4) is 0 Å². The minimum atomic E-state index is 1.05. The molecule has 0 amide bonds. The Balaban J connectivity index is 2.11. The number of H-pyrrole nitrogens is 1. The third kappa shape index (κ3) is 2.10. The number of rotatable bonds is 4. The summed E-state index contributed by atoms with van der Waals surface area (Å²) in [5, 5.41) is 0. The predicted molar refractivity (Wildman–Crippen MR) is 62.8 cm³/mol. The van der Waals surface area contributed by atoms with Crippen LogP contribution in [0.2, 0.25) is 0 Å². The van der Waals surface area contributed by atoms with Crippen LogP contribution in [0.15, 0.2) is 24.3 Å². The largest absolute Gasteiger partial charge is 0.342 e. The van der Waals surface area contributed by atoms with Gasteiger partial charge in [0.05, 0.1) is 11.0 Å². The highest BCUT2D eigenvalue weighted by Crippen LogP contribution is 2.11. The Morgan fingerprint density at radius 2 is 2.21 bits per heavy atom. The van der Waals surface area contributed by atoms with Gasteiger partial charge in [-0.05, 0) is 30.6 Å². The highest BCUT2D eigenvalue weighted by atomic mass is 32.2. The van der Waals surface area contributed by atoms with E-state index in [2.05, 4.69) is 22.3 Å². The fraction of sp³-hybridized carbons (Fsp3) is 0.364. The highest BCUT2D eigenvalue weighted by Gasteiger charge is 2.00. The molecule has 1 heterocycles. The van der Waals surface area contributed by atoms with Crippen LogP contribution in [0.5, 0.6) is 0 Å². The molecule has 0 saturated carbocycles. The fourth-order valence-electron chi connectivity index (χ4n) is 1.51. The molecule has 0 fully saturated rings. The van der Waals surface area contributed by atoms with Gasteiger partial charge in [0.25, 0.3) is 0 Å². The zero-order valence-electron chi connectivity index (χ0n) is 8.29. The lowest BCUT2D eigenvalue weighted by molar-refractivity contribution is 0.871. The van der Waals surface area contributed by atoms with Gasteiger partial charge in [0, 0.05) is 6.42 Å². The van der Waals surface area contributed by atoms with E-state index in [0.717, 1.165) is 23.3 Å². The number of imidazole rings is 1. The maximum absolute atomic E-state index is 4.52. The molecule has 0 aliphatic carbocycles. The summed E-state index contributed by atoms with van der Waals surface area (Å²) in [6, 6.07) is 8.17. The van der Waals surface area contributed by atoms with Crippen LogP contribution in [-0.4, -0.2) is 22.0 Å². The van der Waals surface area contributed by atoms with Crippen LogP contribution < -0.4 is 0 Å². The number of aryl methyl sites for hydroxylation is 1. The highest BCUT2D eigenvalue weighted by molar-refractivity contribution is 7.98. The number of hydrogen-bond acceptors (Lipinski definition) is 2. The Labute approximate surface area is 88.1 Å². The van der Waals surface area contributed by atoms with Crippen molar-refractivity contribution in [1.82, 2.24) is 9.97 Å². The van der Waals surface area contributed by atoms with Crippen molar-refractivity contribution in [2.75, 3.05) is 12.0 Å². The maximum atomic E-state index is 4.52. The molecule has 2 nitrogen and oxygen atoms in total. The van der Waals surface area contributed by atoms with E-state index in [4.69, 9.17) is 0 Å². The zero-order chi connectivity index (χ0) is 9.80. The summed E-state index contributed by atoms with van der Waals surface area (Å²) >= 11 is 1.89. The average molecular weight is 206 g/mol. The molecule has 74 valence electrons. The van der Waals surface area contributed by atoms with E-state index < -0.39 is 0 Å². The van der Waals surface area contributed by atoms with Gasteiger partial charge in [0.2, 0.25) is 0 Å². The number of fused-ring (bicyclic) bond motifs is 1. The third-order valence-electron chi connectivity index (χ3n) is 2.20. The van der Waals surface area contributed by atoms with Crippen molar-refractivity contribution in [2.24, 2.45) is 0 Å². The molecule has 0 radical (unpaired) electrons. The Morgan fingerprint density at radius 1 is 1.36 bits per heavy atom. The van der Waals surface area contributed by atoms with Gasteiger partial charge < -0.3 is 4.98 Å². The van der Waals surface area contributed by atoms with Crippen LogP contribution in [0.4, 0.5) is 0 Å². The van der Waals surface area contributed by atoms with Gasteiger partial charge in [0.15, 0.2) is 0 Å². The SMILES string of the molecule is CSCCCc1nc2ccccc2[nH]1. The van der Waals surface area contributed by atoms with E-state index in [0.29, 0.717) is 0 Å². The first-order chi connectivity index (χ1) is 6.90. The molecule has 0 unspecified atom stereocenters. The zero-order valence-corrected chi connectivity index (χ0v) is 9.10. The second-order valence-electron chi connectivity index (χ2n) is 3.30. The quantitative estimate of drug-likeness (QED) is 0.779. The first-order valence-electron chi connectivity index (χ1n) is 4.83. The summed E-state index contributed by atoms with van der Waals surface area (Å²) in [5.41, 5.74) is 2.22. The van der Waals surface area contributed by atoms with Gasteiger partial charge >= 0.3 is 0 Å². The Kier molecular flexibility index (Phi) is 3.09. The van der Waals surface area contributed by atoms with Crippen LogP contribution >= 0.6 is 11.8 Å². The molecule has 0 aliphatic rings. The number of nitrogens with one attached hydrogen (secondary N) is 1. The fourth-order valence-corrected chi connectivity index (χ4v) is 1.94. The molecular formula is C11H14N2S. The standard InChI is InChI=1S/C11H14N2S/c1-14-8-4-7-11-12-9-5-2-3-6-10(9)13-11/h2-3,5-6H,4,7-8H2,1H3,(H,12,13). The van der Waals surface area contributed by atoms with Crippen LogP contribution in [-0.2, 0) is 6.42 Å². The number of benzene rings is 1.